The molecule has 1 aromatic rings. The second-order valence-electron chi connectivity index (χ2n) is 5.76. The zero-order valence-electron chi connectivity index (χ0n) is 14.6. The maximum absolute atomic E-state index is 5.53. The molecule has 0 amide bonds. The van der Waals surface area contributed by atoms with Crippen LogP contribution in [0.25, 0.3) is 0 Å². The van der Waals surface area contributed by atoms with Gasteiger partial charge in [0, 0.05) is 36.4 Å². The average molecular weight is 357 g/mol. The van der Waals surface area contributed by atoms with Crippen LogP contribution in [0.1, 0.15) is 35.3 Å². The molecule has 1 saturated heterocycles. The van der Waals surface area contributed by atoms with Gasteiger partial charge >= 0.3 is 0 Å². The lowest BCUT2D eigenvalue weighted by Crippen LogP contribution is -2.48. The van der Waals surface area contributed by atoms with Crippen LogP contribution in [0, 0.1) is 13.8 Å². The molecule has 5 nitrogen and oxygen atoms in total. The number of hydrogen-bond acceptors (Lipinski definition) is 5. The minimum atomic E-state index is 0.263. The smallest absolute Gasteiger partial charge is 0.191 e. The Balaban J connectivity index is 1.86. The van der Waals surface area contributed by atoms with Gasteiger partial charge in [0.15, 0.2) is 5.96 Å². The van der Waals surface area contributed by atoms with E-state index < -0.39 is 0 Å². The summed E-state index contributed by atoms with van der Waals surface area (Å²) in [7, 11) is 1.82. The Hall–Kier alpha value is -0.790. The molecule has 0 aliphatic carbocycles. The number of hydrogen-bond donors (Lipinski definition) is 2. The third-order valence-electron chi connectivity index (χ3n) is 4.14. The Morgan fingerprint density at radius 3 is 2.65 bits per heavy atom. The van der Waals surface area contributed by atoms with E-state index in [-0.39, 0.29) is 4.75 Å². The van der Waals surface area contributed by atoms with E-state index in [0.717, 1.165) is 61.6 Å². The molecule has 2 heterocycles. The van der Waals surface area contributed by atoms with Gasteiger partial charge in [0.1, 0.15) is 5.01 Å². The van der Waals surface area contributed by atoms with Crippen LogP contribution in [-0.2, 0) is 11.3 Å². The summed E-state index contributed by atoms with van der Waals surface area (Å²) in [6.07, 6.45) is 2.20. The summed E-state index contributed by atoms with van der Waals surface area (Å²) >= 11 is 3.78. The highest BCUT2D eigenvalue weighted by Gasteiger charge is 2.32. The molecule has 0 aromatic carbocycles. The molecule has 0 spiro atoms. The lowest BCUT2D eigenvalue weighted by molar-refractivity contribution is 0.0782. The Morgan fingerprint density at radius 2 is 2.09 bits per heavy atom. The Morgan fingerprint density at radius 1 is 1.35 bits per heavy atom. The van der Waals surface area contributed by atoms with E-state index in [1.54, 1.807) is 11.3 Å². The molecule has 1 fully saturated rings. The van der Waals surface area contributed by atoms with Crippen molar-refractivity contribution in [3.8, 4) is 0 Å². The van der Waals surface area contributed by atoms with E-state index in [0.29, 0.717) is 0 Å². The first-order chi connectivity index (χ1) is 11.1. The van der Waals surface area contributed by atoms with Gasteiger partial charge in [-0.15, -0.1) is 11.3 Å². The first-order valence-electron chi connectivity index (χ1n) is 8.17. The van der Waals surface area contributed by atoms with Gasteiger partial charge in [-0.25, -0.2) is 4.98 Å². The molecule has 23 heavy (non-hydrogen) atoms. The van der Waals surface area contributed by atoms with Crippen molar-refractivity contribution < 1.29 is 4.74 Å². The normalized spacial score (nSPS) is 18.0. The summed E-state index contributed by atoms with van der Waals surface area (Å²) in [5.41, 5.74) is 1.12. The molecule has 0 unspecified atom stereocenters. The van der Waals surface area contributed by atoms with Crippen molar-refractivity contribution in [3.05, 3.63) is 15.6 Å². The number of nitrogens with one attached hydrogen (secondary N) is 2. The van der Waals surface area contributed by atoms with Gasteiger partial charge in [-0.3, -0.25) is 4.99 Å². The van der Waals surface area contributed by atoms with Crippen LogP contribution in [-0.4, -0.2) is 48.2 Å². The number of aryl methyl sites for hydroxylation is 2. The Kier molecular flexibility index (Phi) is 7.17. The lowest BCUT2D eigenvalue weighted by atomic mass is 9.99. The second kappa shape index (κ2) is 8.89. The van der Waals surface area contributed by atoms with Crippen LogP contribution in [0.3, 0.4) is 0 Å². The average Bonchev–Trinajstić information content (AvgIpc) is 2.87. The van der Waals surface area contributed by atoms with Gasteiger partial charge in [0.2, 0.25) is 0 Å². The van der Waals surface area contributed by atoms with Crippen LogP contribution >= 0.6 is 23.1 Å². The third-order valence-corrected chi connectivity index (χ3v) is 6.66. The van der Waals surface area contributed by atoms with Gasteiger partial charge in [0.05, 0.1) is 12.2 Å². The lowest BCUT2D eigenvalue weighted by Gasteiger charge is -2.37. The molecule has 2 N–H and O–H groups in total. The monoisotopic (exact) mass is 356 g/mol. The number of guanidine groups is 1. The number of aromatic nitrogens is 1. The van der Waals surface area contributed by atoms with E-state index in [1.165, 1.54) is 4.88 Å². The van der Waals surface area contributed by atoms with E-state index >= 15 is 0 Å². The molecule has 7 heteroatoms. The van der Waals surface area contributed by atoms with Crippen molar-refractivity contribution in [1.29, 1.82) is 0 Å². The zero-order chi connectivity index (χ0) is 16.7. The van der Waals surface area contributed by atoms with E-state index in [9.17, 15) is 0 Å². The van der Waals surface area contributed by atoms with Gasteiger partial charge in [-0.2, -0.15) is 11.8 Å². The number of rotatable bonds is 6. The molecule has 130 valence electrons. The molecule has 2 rings (SSSR count). The standard InChI is InChI=1S/C16H28N4OS2/c1-5-22-16(6-8-21-9-7-16)11-19-15(17-4)18-10-14-20-12(2)13(3)23-14/h5-11H2,1-4H3,(H2,17,18,19). The number of thiazole rings is 1. The maximum atomic E-state index is 5.53. The van der Waals surface area contributed by atoms with Crippen molar-refractivity contribution in [2.24, 2.45) is 4.99 Å². The summed E-state index contributed by atoms with van der Waals surface area (Å²) in [6, 6.07) is 0. The number of thioether (sulfide) groups is 1. The van der Waals surface area contributed by atoms with Crippen LogP contribution in [0.15, 0.2) is 4.99 Å². The Labute approximate surface area is 147 Å². The fourth-order valence-corrected chi connectivity index (χ4v) is 4.78. The maximum Gasteiger partial charge on any atom is 0.191 e. The molecular formula is C16H28N4OS2. The minimum absolute atomic E-state index is 0.263. The summed E-state index contributed by atoms with van der Waals surface area (Å²) in [5.74, 6) is 1.98. The molecule has 0 saturated carbocycles. The van der Waals surface area contributed by atoms with Crippen LogP contribution in [0.2, 0.25) is 0 Å². The minimum Gasteiger partial charge on any atom is -0.381 e. The van der Waals surface area contributed by atoms with Crippen molar-refractivity contribution in [1.82, 2.24) is 15.6 Å². The summed E-state index contributed by atoms with van der Waals surface area (Å²) < 4.78 is 5.79. The van der Waals surface area contributed by atoms with Crippen LogP contribution < -0.4 is 10.6 Å². The highest BCUT2D eigenvalue weighted by molar-refractivity contribution is 8.00. The van der Waals surface area contributed by atoms with Crippen LogP contribution in [0.5, 0.6) is 0 Å². The molecule has 1 aromatic heterocycles. The first kappa shape index (κ1) is 18.5. The number of nitrogens with zero attached hydrogens (tertiary/aromatic N) is 2. The highest BCUT2D eigenvalue weighted by Crippen LogP contribution is 2.34. The molecule has 1 aliphatic heterocycles. The zero-order valence-corrected chi connectivity index (χ0v) is 16.2. The van der Waals surface area contributed by atoms with Gasteiger partial charge in [0.25, 0.3) is 0 Å². The largest absolute Gasteiger partial charge is 0.381 e. The van der Waals surface area contributed by atoms with Crippen molar-refractivity contribution in [2.75, 3.05) is 32.6 Å². The van der Waals surface area contributed by atoms with Gasteiger partial charge in [-0.1, -0.05) is 6.92 Å². The number of aliphatic imine (C=N–C) groups is 1. The SMILES string of the molecule is CCSC1(CNC(=NC)NCc2nc(C)c(C)s2)CCOCC1. The first-order valence-corrected chi connectivity index (χ1v) is 9.98. The molecular weight excluding hydrogens is 328 g/mol. The van der Waals surface area contributed by atoms with Gasteiger partial charge < -0.3 is 15.4 Å². The fraction of sp³-hybridized carbons (Fsp3) is 0.750. The summed E-state index contributed by atoms with van der Waals surface area (Å²) in [5, 5.41) is 7.97. The Bertz CT molecular complexity index is 499. The predicted octanol–water partition coefficient (Wildman–Crippen LogP) is 2.73. The van der Waals surface area contributed by atoms with E-state index in [2.05, 4.69) is 41.4 Å². The van der Waals surface area contributed by atoms with Crippen molar-refractivity contribution >= 4 is 29.1 Å². The summed E-state index contributed by atoms with van der Waals surface area (Å²) in [6.45, 7) is 9.75. The molecule has 0 atom stereocenters. The highest BCUT2D eigenvalue weighted by atomic mass is 32.2. The second-order valence-corrected chi connectivity index (χ2v) is 8.78. The van der Waals surface area contributed by atoms with Gasteiger partial charge in [-0.05, 0) is 32.4 Å². The topological polar surface area (TPSA) is 58.5 Å². The fourth-order valence-electron chi connectivity index (χ4n) is 2.66. The van der Waals surface area contributed by atoms with E-state index in [4.69, 9.17) is 4.74 Å². The predicted molar refractivity (Wildman–Crippen MR) is 101 cm³/mol. The number of ether oxygens (including phenoxy) is 1. The van der Waals surface area contributed by atoms with Crippen molar-refractivity contribution in [2.45, 2.75) is 44.9 Å². The summed E-state index contributed by atoms with van der Waals surface area (Å²) in [4.78, 5) is 10.2. The molecule has 0 bridgehead atoms. The van der Waals surface area contributed by atoms with Crippen LogP contribution in [0.4, 0.5) is 0 Å². The van der Waals surface area contributed by atoms with E-state index in [1.807, 2.05) is 18.8 Å². The third kappa shape index (κ3) is 5.36. The van der Waals surface area contributed by atoms with Crippen molar-refractivity contribution in [3.63, 3.8) is 0 Å². The molecule has 0 radical (unpaired) electrons. The molecule has 1 aliphatic rings. The quantitative estimate of drug-likeness (QED) is 0.606.